The molecule has 0 saturated heterocycles. The average Bonchev–Trinajstić information content (AvgIpc) is 2.40. The lowest BCUT2D eigenvalue weighted by Crippen LogP contribution is -2.40. The molecule has 1 saturated carbocycles. The zero-order valence-electron chi connectivity index (χ0n) is 10.8. The molecular formula is C13H19N5O. The van der Waals surface area contributed by atoms with Gasteiger partial charge in [0.2, 0.25) is 0 Å². The first-order valence-corrected chi connectivity index (χ1v) is 6.55. The Morgan fingerprint density at radius 2 is 2.16 bits per heavy atom. The van der Waals surface area contributed by atoms with Crippen molar-refractivity contribution in [3.05, 3.63) is 24.5 Å². The molecule has 0 atom stereocenters. The van der Waals surface area contributed by atoms with Gasteiger partial charge in [-0.3, -0.25) is 10.3 Å². The number of nitrogens with one attached hydrogen (secondary N) is 2. The van der Waals surface area contributed by atoms with Crippen LogP contribution in [0.2, 0.25) is 0 Å². The first-order valence-electron chi connectivity index (χ1n) is 6.55. The fraction of sp³-hybridized carbons (Fsp3) is 0.462. The largest absolute Gasteiger partial charge is 0.370 e. The summed E-state index contributed by atoms with van der Waals surface area (Å²) in [5, 5.41) is 5.16. The fourth-order valence-electron chi connectivity index (χ4n) is 2.15. The Morgan fingerprint density at radius 3 is 2.84 bits per heavy atom. The minimum absolute atomic E-state index is 0.174. The molecule has 1 aromatic rings. The van der Waals surface area contributed by atoms with E-state index in [9.17, 15) is 4.79 Å². The predicted molar refractivity (Wildman–Crippen MR) is 74.9 cm³/mol. The van der Waals surface area contributed by atoms with Gasteiger partial charge in [0, 0.05) is 6.20 Å². The highest BCUT2D eigenvalue weighted by Gasteiger charge is 2.13. The second-order valence-corrected chi connectivity index (χ2v) is 4.63. The maximum atomic E-state index is 11.7. The van der Waals surface area contributed by atoms with Crippen LogP contribution in [-0.2, 0) is 0 Å². The van der Waals surface area contributed by atoms with Crippen LogP contribution in [0.25, 0.3) is 0 Å². The Balaban J connectivity index is 1.82. The minimum Gasteiger partial charge on any atom is -0.370 e. The quantitative estimate of drug-likeness (QED) is 0.560. The van der Waals surface area contributed by atoms with Crippen LogP contribution in [0.4, 0.5) is 10.5 Å². The molecule has 0 bridgehead atoms. The molecule has 1 aliphatic carbocycles. The third-order valence-electron chi connectivity index (χ3n) is 3.06. The van der Waals surface area contributed by atoms with Crippen molar-refractivity contribution in [1.29, 1.82) is 0 Å². The third kappa shape index (κ3) is 4.57. The molecule has 6 heteroatoms. The first-order chi connectivity index (χ1) is 9.24. The van der Waals surface area contributed by atoms with Crippen LogP contribution in [0.15, 0.2) is 29.5 Å². The van der Waals surface area contributed by atoms with Crippen LogP contribution in [0, 0.1) is 0 Å². The van der Waals surface area contributed by atoms with Gasteiger partial charge < -0.3 is 11.1 Å². The lowest BCUT2D eigenvalue weighted by Gasteiger charge is -2.18. The molecule has 19 heavy (non-hydrogen) atoms. The Kier molecular flexibility index (Phi) is 4.72. The zero-order valence-corrected chi connectivity index (χ0v) is 10.8. The summed E-state index contributed by atoms with van der Waals surface area (Å²) in [5.41, 5.74) is 6.34. The van der Waals surface area contributed by atoms with E-state index in [-0.39, 0.29) is 12.0 Å². The summed E-state index contributed by atoms with van der Waals surface area (Å²) in [4.78, 5) is 19.9. The van der Waals surface area contributed by atoms with Crippen LogP contribution in [0.5, 0.6) is 0 Å². The van der Waals surface area contributed by atoms with Crippen LogP contribution in [0.3, 0.4) is 0 Å². The van der Waals surface area contributed by atoms with Gasteiger partial charge in [0.25, 0.3) is 0 Å². The van der Waals surface area contributed by atoms with Gasteiger partial charge in [-0.05, 0) is 25.0 Å². The van der Waals surface area contributed by atoms with Crippen LogP contribution in [-0.4, -0.2) is 23.0 Å². The number of guanidine groups is 1. The maximum absolute atomic E-state index is 11.7. The van der Waals surface area contributed by atoms with E-state index in [1.165, 1.54) is 19.3 Å². The predicted octanol–water partition coefficient (Wildman–Crippen LogP) is 1.85. The topological polar surface area (TPSA) is 92.4 Å². The molecule has 4 N–H and O–H groups in total. The Labute approximate surface area is 112 Å². The molecule has 0 spiro atoms. The summed E-state index contributed by atoms with van der Waals surface area (Å²) < 4.78 is 0. The molecule has 0 unspecified atom stereocenters. The highest BCUT2D eigenvalue weighted by molar-refractivity contribution is 6.01. The SMILES string of the molecule is NC(=NC1CCCCC1)NC(=O)Nc1cccnc1. The van der Waals surface area contributed by atoms with Crippen molar-refractivity contribution in [2.75, 3.05) is 5.32 Å². The van der Waals surface area contributed by atoms with E-state index in [2.05, 4.69) is 20.6 Å². The monoisotopic (exact) mass is 261 g/mol. The minimum atomic E-state index is -0.398. The Hall–Kier alpha value is -2.11. The molecule has 1 aromatic heterocycles. The van der Waals surface area contributed by atoms with Crippen LogP contribution in [0.1, 0.15) is 32.1 Å². The molecule has 6 nitrogen and oxygen atoms in total. The number of carbonyl (C=O) groups excluding carboxylic acids is 1. The number of nitrogens with two attached hydrogens (primary N) is 1. The number of carbonyl (C=O) groups is 1. The van der Waals surface area contributed by atoms with Crippen molar-refractivity contribution in [2.24, 2.45) is 10.7 Å². The highest BCUT2D eigenvalue weighted by Crippen LogP contribution is 2.19. The number of urea groups is 1. The van der Waals surface area contributed by atoms with Crippen molar-refractivity contribution < 1.29 is 4.79 Å². The molecule has 102 valence electrons. The van der Waals surface area contributed by atoms with E-state index in [0.717, 1.165) is 12.8 Å². The van der Waals surface area contributed by atoms with Crippen molar-refractivity contribution in [2.45, 2.75) is 38.1 Å². The number of aliphatic imine (C=N–C) groups is 1. The standard InChI is InChI=1S/C13H19N5O/c14-12(16-10-5-2-1-3-6-10)18-13(19)17-11-7-4-8-15-9-11/h4,7-10H,1-3,5-6H2,(H4,14,16,17,18,19). The summed E-state index contributed by atoms with van der Waals surface area (Å²) >= 11 is 0. The summed E-state index contributed by atoms with van der Waals surface area (Å²) in [7, 11) is 0. The molecule has 2 amide bonds. The zero-order chi connectivity index (χ0) is 13.5. The van der Waals surface area contributed by atoms with Gasteiger partial charge >= 0.3 is 6.03 Å². The molecule has 1 fully saturated rings. The van der Waals surface area contributed by atoms with Gasteiger partial charge in [-0.25, -0.2) is 9.79 Å². The van der Waals surface area contributed by atoms with Gasteiger partial charge in [0.05, 0.1) is 17.9 Å². The Morgan fingerprint density at radius 1 is 1.37 bits per heavy atom. The highest BCUT2D eigenvalue weighted by atomic mass is 16.2. The van der Waals surface area contributed by atoms with Crippen LogP contribution >= 0.6 is 0 Å². The Bertz CT molecular complexity index is 440. The number of pyridine rings is 1. The lowest BCUT2D eigenvalue weighted by molar-refractivity contribution is 0.256. The lowest BCUT2D eigenvalue weighted by atomic mass is 9.96. The van der Waals surface area contributed by atoms with Gasteiger partial charge in [0.1, 0.15) is 0 Å². The van der Waals surface area contributed by atoms with Crippen LogP contribution < -0.4 is 16.4 Å². The number of amides is 2. The van der Waals surface area contributed by atoms with Gasteiger partial charge in [-0.15, -0.1) is 0 Å². The van der Waals surface area contributed by atoms with Crippen molar-refractivity contribution in [3.8, 4) is 0 Å². The summed E-state index contributed by atoms with van der Waals surface area (Å²) in [5.74, 6) is 0.174. The van der Waals surface area contributed by atoms with E-state index < -0.39 is 6.03 Å². The second-order valence-electron chi connectivity index (χ2n) is 4.63. The fourth-order valence-corrected chi connectivity index (χ4v) is 2.15. The smallest absolute Gasteiger partial charge is 0.326 e. The first kappa shape index (κ1) is 13.3. The van der Waals surface area contributed by atoms with E-state index in [1.807, 2.05) is 0 Å². The molecular weight excluding hydrogens is 242 g/mol. The number of hydrogen-bond donors (Lipinski definition) is 3. The second kappa shape index (κ2) is 6.72. The molecule has 1 aliphatic rings. The summed E-state index contributed by atoms with van der Waals surface area (Å²) in [6, 6.07) is 3.34. The number of rotatable bonds is 2. The number of anilines is 1. The summed E-state index contributed by atoms with van der Waals surface area (Å²) in [6.07, 6.45) is 8.93. The third-order valence-corrected chi connectivity index (χ3v) is 3.06. The van der Waals surface area contributed by atoms with Crippen molar-refractivity contribution >= 4 is 17.7 Å². The van der Waals surface area contributed by atoms with Gasteiger partial charge in [-0.2, -0.15) is 0 Å². The van der Waals surface area contributed by atoms with E-state index >= 15 is 0 Å². The van der Waals surface area contributed by atoms with Crippen molar-refractivity contribution in [3.63, 3.8) is 0 Å². The average molecular weight is 261 g/mol. The normalized spacial score (nSPS) is 16.9. The molecule has 0 aliphatic heterocycles. The number of hydrogen-bond acceptors (Lipinski definition) is 3. The molecule has 2 rings (SSSR count). The van der Waals surface area contributed by atoms with Gasteiger partial charge in [-0.1, -0.05) is 19.3 Å². The molecule has 0 radical (unpaired) electrons. The maximum Gasteiger partial charge on any atom is 0.326 e. The van der Waals surface area contributed by atoms with Gasteiger partial charge in [0.15, 0.2) is 5.96 Å². The van der Waals surface area contributed by atoms with Crippen molar-refractivity contribution in [1.82, 2.24) is 10.3 Å². The molecule has 0 aromatic carbocycles. The molecule has 1 heterocycles. The van der Waals surface area contributed by atoms with E-state index in [0.29, 0.717) is 5.69 Å². The number of aromatic nitrogens is 1. The van der Waals surface area contributed by atoms with E-state index in [1.54, 1.807) is 24.5 Å². The number of nitrogens with zero attached hydrogens (tertiary/aromatic N) is 2. The van der Waals surface area contributed by atoms with E-state index in [4.69, 9.17) is 5.73 Å². The summed E-state index contributed by atoms with van der Waals surface area (Å²) in [6.45, 7) is 0.